The summed E-state index contributed by atoms with van der Waals surface area (Å²) in [5, 5.41) is 0.0804. The molecule has 0 aromatic heterocycles. The predicted octanol–water partition coefficient (Wildman–Crippen LogP) is 2.76. The largest absolute Gasteiger partial charge is 0.338 e. The van der Waals surface area contributed by atoms with Crippen LogP contribution in [0, 0.1) is 18.7 Å². The summed E-state index contributed by atoms with van der Waals surface area (Å²) < 4.78 is 13.3. The summed E-state index contributed by atoms with van der Waals surface area (Å²) in [4.78, 5) is 24.7. The van der Waals surface area contributed by atoms with Gasteiger partial charge in [0, 0.05) is 32.2 Å². The van der Waals surface area contributed by atoms with Gasteiger partial charge in [-0.1, -0.05) is 17.8 Å². The number of carbonyl (C=O) groups is 2. The molecule has 1 fully saturated rings. The first-order valence-corrected chi connectivity index (χ1v) is 7.60. The number of hydrogen-bond acceptors (Lipinski definition) is 3. The van der Waals surface area contributed by atoms with Crippen LogP contribution in [0.1, 0.15) is 24.5 Å². The first-order chi connectivity index (χ1) is 9.45. The fourth-order valence-electron chi connectivity index (χ4n) is 2.37. The Hall–Kier alpha value is -1.36. The van der Waals surface area contributed by atoms with Crippen molar-refractivity contribution in [2.24, 2.45) is 5.92 Å². The molecule has 1 aliphatic heterocycles. The fourth-order valence-corrected chi connectivity index (χ4v) is 3.06. The molecule has 1 aromatic carbocycles. The van der Waals surface area contributed by atoms with Gasteiger partial charge in [-0.3, -0.25) is 9.59 Å². The zero-order chi connectivity index (χ0) is 14.7. The first kappa shape index (κ1) is 15.0. The molecule has 0 N–H and O–H groups in total. The molecular weight excluding hydrogens is 277 g/mol. The summed E-state index contributed by atoms with van der Waals surface area (Å²) >= 11 is 1.27. The SMILES string of the molecule is CC(=O)SCC1CC(=O)N(Cc2cc(F)ccc2C)C1. The molecule has 108 valence electrons. The van der Waals surface area contributed by atoms with E-state index in [0.29, 0.717) is 25.3 Å². The highest BCUT2D eigenvalue weighted by atomic mass is 32.2. The smallest absolute Gasteiger partial charge is 0.223 e. The number of aryl methyl sites for hydroxylation is 1. The van der Waals surface area contributed by atoms with Crippen LogP contribution in [0.2, 0.25) is 0 Å². The van der Waals surface area contributed by atoms with Gasteiger partial charge in [0.1, 0.15) is 5.82 Å². The van der Waals surface area contributed by atoms with Crippen molar-refractivity contribution in [1.29, 1.82) is 0 Å². The van der Waals surface area contributed by atoms with Crippen LogP contribution < -0.4 is 0 Å². The summed E-state index contributed by atoms with van der Waals surface area (Å²) in [5.41, 5.74) is 1.83. The van der Waals surface area contributed by atoms with Crippen molar-refractivity contribution >= 4 is 22.8 Å². The molecule has 0 spiro atoms. The van der Waals surface area contributed by atoms with Crippen molar-refractivity contribution in [1.82, 2.24) is 4.90 Å². The van der Waals surface area contributed by atoms with Crippen LogP contribution in [0.3, 0.4) is 0 Å². The average Bonchev–Trinajstić information content (AvgIpc) is 2.72. The van der Waals surface area contributed by atoms with Gasteiger partial charge in [0.15, 0.2) is 5.12 Å². The maximum Gasteiger partial charge on any atom is 0.223 e. The van der Waals surface area contributed by atoms with Crippen LogP contribution in [-0.2, 0) is 16.1 Å². The highest BCUT2D eigenvalue weighted by Crippen LogP contribution is 2.24. The van der Waals surface area contributed by atoms with Crippen molar-refractivity contribution in [2.75, 3.05) is 12.3 Å². The Bertz CT molecular complexity index is 533. The Kier molecular flexibility index (Phi) is 4.81. The van der Waals surface area contributed by atoms with Crippen LogP contribution in [0.5, 0.6) is 0 Å². The van der Waals surface area contributed by atoms with Gasteiger partial charge in [-0.25, -0.2) is 4.39 Å². The summed E-state index contributed by atoms with van der Waals surface area (Å²) in [5.74, 6) is 0.702. The third-order valence-electron chi connectivity index (χ3n) is 3.49. The van der Waals surface area contributed by atoms with Crippen molar-refractivity contribution in [2.45, 2.75) is 26.8 Å². The second kappa shape index (κ2) is 6.39. The Labute approximate surface area is 122 Å². The van der Waals surface area contributed by atoms with Gasteiger partial charge >= 0.3 is 0 Å². The molecule has 0 saturated carbocycles. The van der Waals surface area contributed by atoms with Crippen LogP contribution in [0.4, 0.5) is 4.39 Å². The number of likely N-dealkylation sites (tertiary alicyclic amines) is 1. The third kappa shape index (κ3) is 3.82. The topological polar surface area (TPSA) is 37.4 Å². The fraction of sp³-hybridized carbons (Fsp3) is 0.467. The number of amides is 1. The van der Waals surface area contributed by atoms with Crippen LogP contribution in [0.15, 0.2) is 18.2 Å². The van der Waals surface area contributed by atoms with Gasteiger partial charge in [0.2, 0.25) is 5.91 Å². The standard InChI is InChI=1S/C15H18FNO2S/c1-10-3-4-14(16)6-13(10)8-17-7-12(5-15(17)19)9-20-11(2)18/h3-4,6,12H,5,7-9H2,1-2H3. The number of hydrogen-bond donors (Lipinski definition) is 0. The molecule has 3 nitrogen and oxygen atoms in total. The van der Waals surface area contributed by atoms with Gasteiger partial charge in [0.05, 0.1) is 0 Å². The molecule has 1 heterocycles. The second-order valence-corrected chi connectivity index (χ2v) is 6.41. The molecule has 1 saturated heterocycles. The van der Waals surface area contributed by atoms with E-state index in [1.807, 2.05) is 6.92 Å². The van der Waals surface area contributed by atoms with Crippen LogP contribution in [-0.4, -0.2) is 28.2 Å². The lowest BCUT2D eigenvalue weighted by molar-refractivity contribution is -0.128. The first-order valence-electron chi connectivity index (χ1n) is 6.62. The number of nitrogens with zero attached hydrogens (tertiary/aromatic N) is 1. The zero-order valence-corrected chi connectivity index (χ0v) is 12.5. The molecule has 1 aromatic rings. The summed E-state index contributed by atoms with van der Waals surface area (Å²) in [6, 6.07) is 4.64. The molecule has 20 heavy (non-hydrogen) atoms. The van der Waals surface area contributed by atoms with Crippen molar-refractivity contribution in [3.05, 3.63) is 35.1 Å². The highest BCUT2D eigenvalue weighted by Gasteiger charge is 2.29. The van der Waals surface area contributed by atoms with E-state index in [1.165, 1.54) is 30.8 Å². The molecular formula is C15H18FNO2S. The van der Waals surface area contributed by atoms with E-state index >= 15 is 0 Å². The Balaban J connectivity index is 1.98. The minimum Gasteiger partial charge on any atom is -0.338 e. The summed E-state index contributed by atoms with van der Waals surface area (Å²) in [6.07, 6.45) is 0.481. The van der Waals surface area contributed by atoms with E-state index in [-0.39, 0.29) is 22.8 Å². The summed E-state index contributed by atoms with van der Waals surface area (Å²) in [7, 11) is 0. The molecule has 0 bridgehead atoms. The lowest BCUT2D eigenvalue weighted by Gasteiger charge is -2.18. The molecule has 2 rings (SSSR count). The molecule has 1 aliphatic rings. The zero-order valence-electron chi connectivity index (χ0n) is 11.7. The number of benzene rings is 1. The Morgan fingerprint density at radius 2 is 2.25 bits per heavy atom. The molecule has 1 atom stereocenters. The van der Waals surface area contributed by atoms with Crippen molar-refractivity contribution in [3.8, 4) is 0 Å². The lowest BCUT2D eigenvalue weighted by Crippen LogP contribution is -2.25. The summed E-state index contributed by atoms with van der Waals surface area (Å²) in [6.45, 7) is 4.55. The molecule has 0 radical (unpaired) electrons. The molecule has 0 aliphatic carbocycles. The van der Waals surface area contributed by atoms with Crippen molar-refractivity contribution in [3.63, 3.8) is 0 Å². The third-order valence-corrected chi connectivity index (χ3v) is 4.53. The van der Waals surface area contributed by atoms with Gasteiger partial charge in [-0.15, -0.1) is 0 Å². The Morgan fingerprint density at radius 1 is 1.50 bits per heavy atom. The van der Waals surface area contributed by atoms with E-state index in [1.54, 1.807) is 11.0 Å². The predicted molar refractivity (Wildman–Crippen MR) is 77.8 cm³/mol. The van der Waals surface area contributed by atoms with Gasteiger partial charge < -0.3 is 4.90 Å². The van der Waals surface area contributed by atoms with Gasteiger partial charge in [-0.2, -0.15) is 0 Å². The molecule has 5 heteroatoms. The number of halogens is 1. The number of thioether (sulfide) groups is 1. The van der Waals surface area contributed by atoms with Crippen LogP contribution in [0.25, 0.3) is 0 Å². The maximum atomic E-state index is 13.3. The van der Waals surface area contributed by atoms with E-state index in [0.717, 1.165) is 11.1 Å². The van der Waals surface area contributed by atoms with E-state index in [2.05, 4.69) is 0 Å². The highest BCUT2D eigenvalue weighted by molar-refractivity contribution is 8.13. The minimum atomic E-state index is -0.277. The van der Waals surface area contributed by atoms with Gasteiger partial charge in [0.25, 0.3) is 0 Å². The maximum absolute atomic E-state index is 13.3. The van der Waals surface area contributed by atoms with E-state index < -0.39 is 0 Å². The molecule has 1 unspecified atom stereocenters. The number of carbonyl (C=O) groups excluding carboxylic acids is 2. The van der Waals surface area contributed by atoms with Gasteiger partial charge in [-0.05, 0) is 36.1 Å². The van der Waals surface area contributed by atoms with Crippen molar-refractivity contribution < 1.29 is 14.0 Å². The monoisotopic (exact) mass is 295 g/mol. The lowest BCUT2D eigenvalue weighted by atomic mass is 10.1. The van der Waals surface area contributed by atoms with Crippen LogP contribution >= 0.6 is 11.8 Å². The molecule has 1 amide bonds. The minimum absolute atomic E-state index is 0.0804. The second-order valence-electron chi connectivity index (χ2n) is 5.22. The van der Waals surface area contributed by atoms with E-state index in [4.69, 9.17) is 0 Å². The normalized spacial score (nSPS) is 18.6. The Morgan fingerprint density at radius 3 is 2.95 bits per heavy atom. The average molecular weight is 295 g/mol. The number of rotatable bonds is 4. The van der Waals surface area contributed by atoms with E-state index in [9.17, 15) is 14.0 Å². The quantitative estimate of drug-likeness (QED) is 0.857.